The van der Waals surface area contributed by atoms with Crippen molar-refractivity contribution in [3.05, 3.63) is 59.1 Å². The van der Waals surface area contributed by atoms with Crippen molar-refractivity contribution in [2.24, 2.45) is 0 Å². The molecule has 11 heteroatoms. The number of hydrogen-bond acceptors (Lipinski definition) is 4. The first-order valence-corrected chi connectivity index (χ1v) is 9.00. The highest BCUT2D eigenvalue weighted by atomic mass is 35.5. The van der Waals surface area contributed by atoms with Crippen LogP contribution in [-0.4, -0.2) is 25.0 Å². The quantitative estimate of drug-likeness (QED) is 0.738. The number of halogens is 4. The molecule has 5 nitrogen and oxygen atoms in total. The molecule has 0 unspecified atom stereocenters. The van der Waals surface area contributed by atoms with E-state index in [2.05, 4.69) is 0 Å². The Kier molecular flexibility index (Phi) is 5.55. The molecule has 2 aromatic carbocycles. The van der Waals surface area contributed by atoms with Crippen LogP contribution in [0.3, 0.4) is 0 Å². The van der Waals surface area contributed by atoms with Crippen LogP contribution >= 0.6 is 23.5 Å². The molecule has 0 amide bonds. The van der Waals surface area contributed by atoms with Crippen LogP contribution in [0.5, 0.6) is 0 Å². The van der Waals surface area contributed by atoms with Crippen LogP contribution < -0.4 is 3.71 Å². The SMILES string of the molecule is O=C(O)c1cc(S(=O)(=O)N(SC(F)(F)F)c2ccccc2)ccc1Cl. The van der Waals surface area contributed by atoms with E-state index < -0.39 is 43.9 Å². The summed E-state index contributed by atoms with van der Waals surface area (Å²) in [6.45, 7) is 0. The zero-order valence-electron chi connectivity index (χ0n) is 12.1. The molecular formula is C14H9ClF3NO4S2. The third-order valence-electron chi connectivity index (χ3n) is 2.84. The Hall–Kier alpha value is -1.91. The fourth-order valence-electron chi connectivity index (χ4n) is 1.81. The maximum absolute atomic E-state index is 12.9. The lowest BCUT2D eigenvalue weighted by Gasteiger charge is -2.24. The van der Waals surface area contributed by atoms with E-state index >= 15 is 0 Å². The lowest BCUT2D eigenvalue weighted by atomic mass is 10.2. The second-order valence-electron chi connectivity index (χ2n) is 4.55. The van der Waals surface area contributed by atoms with Crippen LogP contribution in [0.1, 0.15) is 10.4 Å². The Morgan fingerprint density at radius 3 is 2.24 bits per heavy atom. The highest BCUT2D eigenvalue weighted by Crippen LogP contribution is 2.40. The van der Waals surface area contributed by atoms with Crippen LogP contribution in [0.2, 0.25) is 5.02 Å². The van der Waals surface area contributed by atoms with E-state index in [9.17, 15) is 26.4 Å². The van der Waals surface area contributed by atoms with Gasteiger partial charge in [0.1, 0.15) is 0 Å². The zero-order chi connectivity index (χ0) is 18.8. The molecule has 0 aliphatic carbocycles. The number of para-hydroxylation sites is 1. The van der Waals surface area contributed by atoms with Crippen molar-refractivity contribution in [3.8, 4) is 0 Å². The number of sulfonamides is 1. The fourth-order valence-corrected chi connectivity index (χ4v) is 4.42. The Morgan fingerprint density at radius 1 is 1.12 bits per heavy atom. The first-order valence-electron chi connectivity index (χ1n) is 6.41. The largest absolute Gasteiger partial charge is 0.478 e. The minimum Gasteiger partial charge on any atom is -0.478 e. The monoisotopic (exact) mass is 411 g/mol. The van der Waals surface area contributed by atoms with E-state index in [-0.39, 0.29) is 14.4 Å². The summed E-state index contributed by atoms with van der Waals surface area (Å²) in [4.78, 5) is 10.5. The number of anilines is 1. The van der Waals surface area contributed by atoms with Crippen molar-refractivity contribution in [1.82, 2.24) is 0 Å². The third kappa shape index (κ3) is 4.59. The Morgan fingerprint density at radius 2 is 1.72 bits per heavy atom. The molecule has 25 heavy (non-hydrogen) atoms. The molecule has 1 N–H and O–H groups in total. The van der Waals surface area contributed by atoms with Crippen LogP contribution in [-0.2, 0) is 10.0 Å². The normalized spacial score (nSPS) is 12.0. The number of aromatic carboxylic acids is 1. The predicted molar refractivity (Wildman–Crippen MR) is 88.2 cm³/mol. The standard InChI is InChI=1S/C14H9ClF3NO4S2/c15-12-7-6-10(8-11(12)13(20)21)25(22,23)19(24-14(16,17)18)9-4-2-1-3-5-9/h1-8H,(H,20,21). The van der Waals surface area contributed by atoms with Crippen LogP contribution in [0.25, 0.3) is 0 Å². The molecule has 134 valence electrons. The molecule has 0 spiro atoms. The summed E-state index contributed by atoms with van der Waals surface area (Å²) in [5.74, 6) is -1.50. The summed E-state index contributed by atoms with van der Waals surface area (Å²) in [6, 6.07) is 9.29. The van der Waals surface area contributed by atoms with Crippen molar-refractivity contribution >= 4 is 45.2 Å². The van der Waals surface area contributed by atoms with Gasteiger partial charge in [0.25, 0.3) is 10.0 Å². The molecule has 0 aliphatic heterocycles. The number of rotatable bonds is 5. The van der Waals surface area contributed by atoms with Gasteiger partial charge in [-0.3, -0.25) is 0 Å². The fraction of sp³-hybridized carbons (Fsp3) is 0.0714. The number of benzene rings is 2. The molecule has 0 aromatic heterocycles. The highest BCUT2D eigenvalue weighted by molar-refractivity contribution is 8.15. The maximum atomic E-state index is 12.9. The summed E-state index contributed by atoms with van der Waals surface area (Å²) in [7, 11) is -4.71. The zero-order valence-corrected chi connectivity index (χ0v) is 14.5. The lowest BCUT2D eigenvalue weighted by molar-refractivity contribution is -0.0327. The van der Waals surface area contributed by atoms with Crippen molar-refractivity contribution in [2.45, 2.75) is 10.4 Å². The van der Waals surface area contributed by atoms with Crippen LogP contribution in [0, 0.1) is 0 Å². The van der Waals surface area contributed by atoms with E-state index in [0.29, 0.717) is 6.07 Å². The van der Waals surface area contributed by atoms with Gasteiger partial charge in [-0.1, -0.05) is 29.8 Å². The minimum atomic E-state index is -4.88. The van der Waals surface area contributed by atoms with Gasteiger partial charge in [-0.2, -0.15) is 16.9 Å². The minimum absolute atomic E-state index is 0.0852. The number of carboxylic acids is 1. The van der Waals surface area contributed by atoms with Gasteiger partial charge in [0.05, 0.1) is 33.1 Å². The molecule has 2 aromatic rings. The summed E-state index contributed by atoms with van der Waals surface area (Å²) >= 11 is 4.81. The van der Waals surface area contributed by atoms with Gasteiger partial charge in [-0.05, 0) is 30.3 Å². The molecule has 0 aliphatic rings. The number of carboxylic acid groups (broad SMARTS) is 1. The van der Waals surface area contributed by atoms with Gasteiger partial charge in [0.15, 0.2) is 0 Å². The number of carbonyl (C=O) groups is 1. The Bertz CT molecular complexity index is 889. The second kappa shape index (κ2) is 7.14. The summed E-state index contributed by atoms with van der Waals surface area (Å²) < 4.78 is 64.0. The molecule has 0 bridgehead atoms. The number of alkyl halides is 3. The molecule has 0 saturated heterocycles. The number of hydrogen-bond donors (Lipinski definition) is 1. The topological polar surface area (TPSA) is 74.7 Å². The van der Waals surface area contributed by atoms with E-state index in [0.717, 1.165) is 12.1 Å². The lowest BCUT2D eigenvalue weighted by Crippen LogP contribution is -2.28. The first kappa shape index (κ1) is 19.4. The Balaban J connectivity index is 2.59. The van der Waals surface area contributed by atoms with Crippen molar-refractivity contribution in [1.29, 1.82) is 0 Å². The van der Waals surface area contributed by atoms with E-state index in [1.54, 1.807) is 0 Å². The summed E-state index contributed by atoms with van der Waals surface area (Å²) in [5.41, 5.74) is -5.66. The highest BCUT2D eigenvalue weighted by Gasteiger charge is 2.39. The average Bonchev–Trinajstić information content (AvgIpc) is 2.52. The molecule has 2 rings (SSSR count). The third-order valence-corrected chi connectivity index (χ3v) is 6.06. The molecular weight excluding hydrogens is 403 g/mol. The van der Waals surface area contributed by atoms with Crippen LogP contribution in [0.4, 0.5) is 18.9 Å². The van der Waals surface area contributed by atoms with Crippen LogP contribution in [0.15, 0.2) is 53.4 Å². The molecule has 0 atom stereocenters. The molecule has 0 saturated carbocycles. The van der Waals surface area contributed by atoms with Gasteiger partial charge in [0, 0.05) is 0 Å². The van der Waals surface area contributed by atoms with Crippen molar-refractivity contribution < 1.29 is 31.5 Å². The second-order valence-corrected chi connectivity index (χ2v) is 7.99. The van der Waals surface area contributed by atoms with Gasteiger partial charge < -0.3 is 5.11 Å². The Labute approximate surface area is 150 Å². The number of nitrogens with zero attached hydrogens (tertiary/aromatic N) is 1. The van der Waals surface area contributed by atoms with Gasteiger partial charge in [-0.15, -0.1) is 0 Å². The van der Waals surface area contributed by atoms with Gasteiger partial charge in [-0.25, -0.2) is 13.2 Å². The summed E-state index contributed by atoms with van der Waals surface area (Å²) in [5, 5.41) is 8.78. The van der Waals surface area contributed by atoms with Crippen molar-refractivity contribution in [2.75, 3.05) is 3.71 Å². The summed E-state index contributed by atoms with van der Waals surface area (Å²) in [6.07, 6.45) is 0. The molecule has 0 fully saturated rings. The smallest absolute Gasteiger partial charge is 0.462 e. The van der Waals surface area contributed by atoms with Gasteiger partial charge in [0.2, 0.25) is 0 Å². The van der Waals surface area contributed by atoms with Gasteiger partial charge >= 0.3 is 11.5 Å². The maximum Gasteiger partial charge on any atom is 0.462 e. The first-order chi connectivity index (χ1) is 11.5. The van der Waals surface area contributed by atoms with E-state index in [1.165, 1.54) is 30.3 Å². The van der Waals surface area contributed by atoms with Crippen molar-refractivity contribution in [3.63, 3.8) is 0 Å². The molecule has 0 radical (unpaired) electrons. The average molecular weight is 412 g/mol. The predicted octanol–water partition coefficient (Wildman–Crippen LogP) is 4.40. The molecule has 0 heterocycles. The van der Waals surface area contributed by atoms with E-state index in [1.807, 2.05) is 0 Å². The van der Waals surface area contributed by atoms with E-state index in [4.69, 9.17) is 16.7 Å².